The van der Waals surface area contributed by atoms with Crippen LogP contribution in [0.3, 0.4) is 0 Å². The molecule has 6 nitrogen and oxygen atoms in total. The van der Waals surface area contributed by atoms with Crippen LogP contribution in [0.1, 0.15) is 52.9 Å². The van der Waals surface area contributed by atoms with Gasteiger partial charge in [-0.15, -0.1) is 0 Å². The third-order valence-electron chi connectivity index (χ3n) is 4.61. The Bertz CT molecular complexity index is 781. The molecule has 0 radical (unpaired) electrons. The summed E-state index contributed by atoms with van der Waals surface area (Å²) in [4.78, 5) is 0.233. The maximum atomic E-state index is 12.5. The summed E-state index contributed by atoms with van der Waals surface area (Å²) >= 11 is 0. The van der Waals surface area contributed by atoms with Crippen LogP contribution >= 0.6 is 0 Å². The van der Waals surface area contributed by atoms with E-state index in [9.17, 15) is 16.8 Å². The highest BCUT2D eigenvalue weighted by atomic mass is 32.2. The molecule has 1 atom stereocenters. The largest absolute Gasteiger partial charge is 0.243 e. The summed E-state index contributed by atoms with van der Waals surface area (Å²) in [5.74, 6) is 0.601. The number of hydrogen-bond acceptors (Lipinski definition) is 4. The normalized spacial score (nSPS) is 17.7. The first kappa shape index (κ1) is 21.3. The van der Waals surface area contributed by atoms with Crippen molar-refractivity contribution in [3.8, 4) is 0 Å². The molecule has 1 heterocycles. The number of benzene rings is 1. The van der Waals surface area contributed by atoms with Gasteiger partial charge in [0, 0.05) is 19.1 Å². The summed E-state index contributed by atoms with van der Waals surface area (Å²) in [6.45, 7) is 7.19. The first-order valence-corrected chi connectivity index (χ1v) is 12.2. The Balaban J connectivity index is 2.04. The second kappa shape index (κ2) is 8.82. The van der Waals surface area contributed by atoms with E-state index in [1.54, 1.807) is 0 Å². The lowest BCUT2D eigenvalue weighted by Crippen LogP contribution is -2.32. The summed E-state index contributed by atoms with van der Waals surface area (Å²) in [7, 11) is -7.18. The average molecular weight is 403 g/mol. The van der Waals surface area contributed by atoms with Gasteiger partial charge in [-0.25, -0.2) is 21.6 Å². The van der Waals surface area contributed by atoms with Crippen molar-refractivity contribution >= 4 is 20.0 Å². The predicted molar refractivity (Wildman–Crippen MR) is 103 cm³/mol. The second-order valence-corrected chi connectivity index (χ2v) is 11.1. The van der Waals surface area contributed by atoms with E-state index in [0.717, 1.165) is 32.1 Å². The van der Waals surface area contributed by atoms with Gasteiger partial charge in [0.2, 0.25) is 20.0 Å². The zero-order chi connectivity index (χ0) is 19.4. The minimum absolute atomic E-state index is 0.0913. The minimum Gasteiger partial charge on any atom is -0.208 e. The summed E-state index contributed by atoms with van der Waals surface area (Å²) in [5, 5.41) is 0. The van der Waals surface area contributed by atoms with Crippen molar-refractivity contribution in [2.75, 3.05) is 13.1 Å². The molecule has 1 N–H and O–H groups in total. The van der Waals surface area contributed by atoms with E-state index in [4.69, 9.17) is 0 Å². The molecule has 0 aromatic heterocycles. The highest BCUT2D eigenvalue weighted by molar-refractivity contribution is 7.89. The summed E-state index contributed by atoms with van der Waals surface area (Å²) in [6.07, 6.45) is 4.54. The van der Waals surface area contributed by atoms with Crippen molar-refractivity contribution in [1.29, 1.82) is 0 Å². The second-order valence-electron chi connectivity index (χ2n) is 7.43. The van der Waals surface area contributed by atoms with Gasteiger partial charge in [0.05, 0.1) is 9.79 Å². The fourth-order valence-electron chi connectivity index (χ4n) is 3.09. The highest BCUT2D eigenvalue weighted by Gasteiger charge is 2.27. The van der Waals surface area contributed by atoms with Gasteiger partial charge in [-0.2, -0.15) is 4.31 Å². The lowest BCUT2D eigenvalue weighted by Gasteiger charge is -2.17. The first-order valence-electron chi connectivity index (χ1n) is 9.25. The minimum atomic E-state index is -3.65. The molecule has 26 heavy (non-hydrogen) atoms. The van der Waals surface area contributed by atoms with Gasteiger partial charge in [0.1, 0.15) is 0 Å². The molecule has 0 aliphatic carbocycles. The quantitative estimate of drug-likeness (QED) is 0.688. The summed E-state index contributed by atoms with van der Waals surface area (Å²) < 4.78 is 54.1. The molecule has 1 aromatic carbocycles. The average Bonchev–Trinajstić information content (AvgIpc) is 3.09. The zero-order valence-electron chi connectivity index (χ0n) is 15.8. The molecule has 0 saturated carbocycles. The SMILES string of the molecule is CC(C)CCC[C@@H](C)NS(=O)(=O)c1ccc(S(=O)(=O)N2CCCC2)cc1. The number of rotatable bonds is 9. The molecule has 1 aromatic rings. The summed E-state index contributed by atoms with van der Waals surface area (Å²) in [6, 6.07) is 5.34. The third-order valence-corrected chi connectivity index (χ3v) is 8.13. The van der Waals surface area contributed by atoms with E-state index >= 15 is 0 Å². The molecule has 0 unspecified atom stereocenters. The van der Waals surface area contributed by atoms with Crippen LogP contribution in [-0.2, 0) is 20.0 Å². The monoisotopic (exact) mass is 402 g/mol. The van der Waals surface area contributed by atoms with E-state index in [-0.39, 0.29) is 15.8 Å². The molecule has 2 rings (SSSR count). The van der Waals surface area contributed by atoms with Crippen molar-refractivity contribution in [1.82, 2.24) is 9.03 Å². The van der Waals surface area contributed by atoms with Gasteiger partial charge in [-0.1, -0.05) is 26.7 Å². The van der Waals surface area contributed by atoms with Crippen molar-refractivity contribution in [3.05, 3.63) is 24.3 Å². The van der Waals surface area contributed by atoms with Crippen LogP contribution in [-0.4, -0.2) is 40.3 Å². The maximum Gasteiger partial charge on any atom is 0.243 e. The van der Waals surface area contributed by atoms with Crippen molar-refractivity contribution in [3.63, 3.8) is 0 Å². The maximum absolute atomic E-state index is 12.5. The standard InChI is InChI=1S/C18H30N2O4S2/c1-15(2)7-6-8-16(3)19-25(21,22)17-9-11-18(12-10-17)26(23,24)20-13-4-5-14-20/h9-12,15-16,19H,4-8,13-14H2,1-3H3/t16-/m1/s1. The molecule has 0 spiro atoms. The smallest absolute Gasteiger partial charge is 0.208 e. The van der Waals surface area contributed by atoms with Gasteiger partial charge in [-0.05, 0) is 56.4 Å². The van der Waals surface area contributed by atoms with Gasteiger partial charge < -0.3 is 0 Å². The third kappa shape index (κ3) is 5.52. The number of nitrogens with zero attached hydrogens (tertiary/aromatic N) is 1. The molecule has 0 bridgehead atoms. The van der Waals surface area contributed by atoms with Crippen LogP contribution in [0.2, 0.25) is 0 Å². The van der Waals surface area contributed by atoms with Crippen molar-refractivity contribution in [2.45, 2.75) is 68.7 Å². The Labute approximate surface area is 158 Å². The molecule has 1 aliphatic heterocycles. The fraction of sp³-hybridized carbons (Fsp3) is 0.667. The van der Waals surface area contributed by atoms with Crippen molar-refractivity contribution < 1.29 is 16.8 Å². The molecular weight excluding hydrogens is 372 g/mol. The lowest BCUT2D eigenvalue weighted by molar-refractivity contribution is 0.477. The Hall–Kier alpha value is -0.960. The van der Waals surface area contributed by atoms with E-state index < -0.39 is 20.0 Å². The Kier molecular flexibility index (Phi) is 7.24. The Morgan fingerprint density at radius 2 is 1.46 bits per heavy atom. The molecule has 1 saturated heterocycles. The molecule has 1 fully saturated rings. The van der Waals surface area contributed by atoms with Gasteiger partial charge >= 0.3 is 0 Å². The lowest BCUT2D eigenvalue weighted by atomic mass is 10.0. The molecule has 0 amide bonds. The van der Waals surface area contributed by atoms with Crippen LogP contribution in [0.25, 0.3) is 0 Å². The van der Waals surface area contributed by atoms with E-state index in [1.807, 2.05) is 6.92 Å². The van der Waals surface area contributed by atoms with Gasteiger partial charge in [0.15, 0.2) is 0 Å². The highest BCUT2D eigenvalue weighted by Crippen LogP contribution is 2.22. The molecule has 1 aliphatic rings. The topological polar surface area (TPSA) is 83.5 Å². The fourth-order valence-corrected chi connectivity index (χ4v) is 5.89. The van der Waals surface area contributed by atoms with Crippen LogP contribution in [0.15, 0.2) is 34.1 Å². The van der Waals surface area contributed by atoms with Crippen LogP contribution in [0.4, 0.5) is 0 Å². The zero-order valence-corrected chi connectivity index (χ0v) is 17.4. The van der Waals surface area contributed by atoms with Crippen molar-refractivity contribution in [2.24, 2.45) is 5.92 Å². The number of nitrogens with one attached hydrogen (secondary N) is 1. The molecule has 148 valence electrons. The number of sulfonamides is 2. The van der Waals surface area contributed by atoms with Crippen LogP contribution in [0.5, 0.6) is 0 Å². The molecule has 8 heteroatoms. The number of hydrogen-bond donors (Lipinski definition) is 1. The first-order chi connectivity index (χ1) is 12.1. The predicted octanol–water partition coefficient (Wildman–Crippen LogP) is 2.96. The van der Waals surface area contributed by atoms with E-state index in [2.05, 4.69) is 18.6 Å². The van der Waals surface area contributed by atoms with E-state index in [1.165, 1.54) is 28.6 Å². The van der Waals surface area contributed by atoms with Gasteiger partial charge in [-0.3, -0.25) is 0 Å². The Morgan fingerprint density at radius 3 is 2.00 bits per heavy atom. The summed E-state index contributed by atoms with van der Waals surface area (Å²) in [5.41, 5.74) is 0. The Morgan fingerprint density at radius 1 is 0.923 bits per heavy atom. The van der Waals surface area contributed by atoms with Crippen LogP contribution in [0, 0.1) is 5.92 Å². The van der Waals surface area contributed by atoms with E-state index in [0.29, 0.717) is 19.0 Å². The van der Waals surface area contributed by atoms with Crippen LogP contribution < -0.4 is 4.72 Å². The van der Waals surface area contributed by atoms with Gasteiger partial charge in [0.25, 0.3) is 0 Å². The molecular formula is C18H30N2O4S2.